The minimum Gasteiger partial charge on any atom is -0.463 e. The van der Waals surface area contributed by atoms with E-state index in [0.717, 1.165) is 28.2 Å². The second kappa shape index (κ2) is 16.2. The molecule has 0 N–H and O–H groups in total. The van der Waals surface area contributed by atoms with Crippen LogP contribution in [-0.4, -0.2) is 22.0 Å². The third kappa shape index (κ3) is 10.8. The van der Waals surface area contributed by atoms with Crippen molar-refractivity contribution in [3.63, 3.8) is 0 Å². The lowest BCUT2D eigenvalue weighted by molar-refractivity contribution is -0.147. The largest absolute Gasteiger partial charge is 0.463 e. The summed E-state index contributed by atoms with van der Waals surface area (Å²) < 4.78 is 5.10. The number of esters is 1. The van der Waals surface area contributed by atoms with Crippen LogP contribution < -0.4 is 0 Å². The molecule has 3 rings (SSSR count). The number of aromatic nitrogens is 2. The van der Waals surface area contributed by atoms with Crippen LogP contribution in [0.15, 0.2) is 48.8 Å². The molecule has 180 valence electrons. The summed E-state index contributed by atoms with van der Waals surface area (Å²) in [4.78, 5) is 20.0. The SMILES string of the molecule is CCCCCCCCCCCCCC(=O)OC(C)C.c1cnc2c(c1)ccc1cccnc12. The van der Waals surface area contributed by atoms with Crippen LogP contribution in [0.5, 0.6) is 0 Å². The Balaban J connectivity index is 0.000000241. The topological polar surface area (TPSA) is 52.1 Å². The van der Waals surface area contributed by atoms with E-state index in [1.807, 2.05) is 26.0 Å². The minimum absolute atomic E-state index is 0.0280. The van der Waals surface area contributed by atoms with Crippen molar-refractivity contribution in [2.24, 2.45) is 0 Å². The van der Waals surface area contributed by atoms with Crippen molar-refractivity contribution < 1.29 is 9.53 Å². The van der Waals surface area contributed by atoms with Crippen molar-refractivity contribution in [1.29, 1.82) is 0 Å². The minimum atomic E-state index is -0.0362. The van der Waals surface area contributed by atoms with E-state index in [0.29, 0.717) is 6.42 Å². The van der Waals surface area contributed by atoms with Crippen LogP contribution in [0, 0.1) is 0 Å². The van der Waals surface area contributed by atoms with Gasteiger partial charge in [-0.1, -0.05) is 95.4 Å². The van der Waals surface area contributed by atoms with Gasteiger partial charge in [0.05, 0.1) is 17.1 Å². The monoisotopic (exact) mass is 450 g/mol. The van der Waals surface area contributed by atoms with E-state index in [4.69, 9.17) is 4.74 Å². The number of hydrogen-bond acceptors (Lipinski definition) is 4. The number of nitrogens with zero attached hydrogens (tertiary/aromatic N) is 2. The Bertz CT molecular complexity index is 884. The Morgan fingerprint density at radius 2 is 1.18 bits per heavy atom. The van der Waals surface area contributed by atoms with Gasteiger partial charge in [-0.2, -0.15) is 0 Å². The highest BCUT2D eigenvalue weighted by atomic mass is 16.5. The highest BCUT2D eigenvalue weighted by Gasteiger charge is 2.04. The maximum Gasteiger partial charge on any atom is 0.306 e. The molecule has 2 heterocycles. The maximum absolute atomic E-state index is 11.3. The first-order chi connectivity index (χ1) is 16.1. The molecule has 0 aliphatic heterocycles. The first kappa shape index (κ1) is 26.8. The normalized spacial score (nSPS) is 10.9. The average Bonchev–Trinajstić information content (AvgIpc) is 2.82. The summed E-state index contributed by atoms with van der Waals surface area (Å²) in [5, 5.41) is 2.28. The van der Waals surface area contributed by atoms with Crippen LogP contribution in [0.1, 0.15) is 97.8 Å². The van der Waals surface area contributed by atoms with Crippen LogP contribution in [-0.2, 0) is 9.53 Å². The molecular weight excluding hydrogens is 408 g/mol. The fourth-order valence-electron chi connectivity index (χ4n) is 3.94. The average molecular weight is 451 g/mol. The van der Waals surface area contributed by atoms with Crippen LogP contribution in [0.2, 0.25) is 0 Å². The first-order valence-electron chi connectivity index (χ1n) is 12.9. The Hall–Kier alpha value is -2.49. The predicted octanol–water partition coefficient (Wildman–Crippen LogP) is 8.42. The molecule has 1 aromatic carbocycles. The standard InChI is InChI=1S/C17H34O2.C12H8N2/c1-4-5-6-7-8-9-10-11-12-13-14-15-17(18)19-16(2)3;1-3-9-5-6-10-4-2-8-14-12(10)11(9)13-7-1/h16H,4-15H2,1-3H3;1-8H. The zero-order valence-corrected chi connectivity index (χ0v) is 20.9. The van der Waals surface area contributed by atoms with Crippen molar-refractivity contribution in [3.8, 4) is 0 Å². The Labute approximate surface area is 200 Å². The number of unbranched alkanes of at least 4 members (excludes halogenated alkanes) is 10. The number of hydrogen-bond donors (Lipinski definition) is 0. The molecule has 0 saturated heterocycles. The Kier molecular flexibility index (Phi) is 13.1. The summed E-state index contributed by atoms with van der Waals surface area (Å²) >= 11 is 0. The number of carbonyl (C=O) groups is 1. The molecule has 0 fully saturated rings. The number of fused-ring (bicyclic) bond motifs is 3. The number of pyridine rings is 2. The molecule has 0 spiro atoms. The summed E-state index contributed by atoms with van der Waals surface area (Å²) in [5.41, 5.74) is 1.95. The van der Waals surface area contributed by atoms with Crippen LogP contribution >= 0.6 is 0 Å². The van der Waals surface area contributed by atoms with Gasteiger partial charge in [0, 0.05) is 29.6 Å². The lowest BCUT2D eigenvalue weighted by Gasteiger charge is -2.07. The maximum atomic E-state index is 11.3. The van der Waals surface area contributed by atoms with E-state index in [-0.39, 0.29) is 12.1 Å². The summed E-state index contributed by atoms with van der Waals surface area (Å²) in [6, 6.07) is 12.1. The van der Waals surface area contributed by atoms with E-state index >= 15 is 0 Å². The Morgan fingerprint density at radius 3 is 1.64 bits per heavy atom. The second-order valence-electron chi connectivity index (χ2n) is 9.04. The smallest absolute Gasteiger partial charge is 0.306 e. The summed E-state index contributed by atoms with van der Waals surface area (Å²) in [7, 11) is 0. The summed E-state index contributed by atoms with van der Waals surface area (Å²) in [6.45, 7) is 6.06. The molecule has 0 bridgehead atoms. The second-order valence-corrected chi connectivity index (χ2v) is 9.04. The molecule has 4 heteroatoms. The highest BCUT2D eigenvalue weighted by molar-refractivity contribution is 6.02. The Morgan fingerprint density at radius 1 is 0.727 bits per heavy atom. The van der Waals surface area contributed by atoms with Gasteiger partial charge in [0.25, 0.3) is 0 Å². The van der Waals surface area contributed by atoms with Gasteiger partial charge in [-0.25, -0.2) is 0 Å². The van der Waals surface area contributed by atoms with Gasteiger partial charge in [0.2, 0.25) is 0 Å². The van der Waals surface area contributed by atoms with Gasteiger partial charge < -0.3 is 4.74 Å². The molecule has 0 radical (unpaired) electrons. The van der Waals surface area contributed by atoms with Gasteiger partial charge in [0.15, 0.2) is 0 Å². The van der Waals surface area contributed by atoms with Gasteiger partial charge in [-0.15, -0.1) is 0 Å². The first-order valence-corrected chi connectivity index (χ1v) is 12.9. The predicted molar refractivity (Wildman–Crippen MR) is 139 cm³/mol. The van der Waals surface area contributed by atoms with Crippen molar-refractivity contribution in [1.82, 2.24) is 9.97 Å². The fraction of sp³-hybridized carbons (Fsp3) is 0.552. The number of carbonyl (C=O) groups excluding carboxylic acids is 1. The molecule has 0 unspecified atom stereocenters. The van der Waals surface area contributed by atoms with Crippen molar-refractivity contribution in [2.45, 2.75) is 104 Å². The van der Waals surface area contributed by atoms with Crippen LogP contribution in [0.3, 0.4) is 0 Å². The van der Waals surface area contributed by atoms with E-state index in [1.165, 1.54) is 64.2 Å². The molecule has 0 saturated carbocycles. The van der Waals surface area contributed by atoms with Crippen molar-refractivity contribution in [3.05, 3.63) is 48.8 Å². The fourth-order valence-corrected chi connectivity index (χ4v) is 3.94. The van der Waals surface area contributed by atoms with Gasteiger partial charge in [-0.3, -0.25) is 14.8 Å². The number of benzene rings is 1. The molecule has 0 atom stereocenters. The van der Waals surface area contributed by atoms with E-state index in [9.17, 15) is 4.79 Å². The molecule has 0 amide bonds. The quantitative estimate of drug-likeness (QED) is 0.149. The third-order valence-corrected chi connectivity index (χ3v) is 5.70. The molecule has 3 aromatic rings. The lowest BCUT2D eigenvalue weighted by atomic mass is 10.1. The number of ether oxygens (including phenoxy) is 1. The highest BCUT2D eigenvalue weighted by Crippen LogP contribution is 2.20. The molecule has 0 aliphatic rings. The molecule has 0 aliphatic carbocycles. The molecule has 4 nitrogen and oxygen atoms in total. The van der Waals surface area contributed by atoms with E-state index in [2.05, 4.69) is 41.2 Å². The lowest BCUT2D eigenvalue weighted by Crippen LogP contribution is -2.10. The van der Waals surface area contributed by atoms with Gasteiger partial charge >= 0.3 is 5.97 Å². The summed E-state index contributed by atoms with van der Waals surface area (Å²) in [5.74, 6) is -0.0362. The zero-order chi connectivity index (χ0) is 23.7. The van der Waals surface area contributed by atoms with Crippen molar-refractivity contribution >= 4 is 27.8 Å². The van der Waals surface area contributed by atoms with E-state index in [1.54, 1.807) is 12.4 Å². The number of rotatable bonds is 13. The van der Waals surface area contributed by atoms with Crippen molar-refractivity contribution in [2.75, 3.05) is 0 Å². The molecule has 33 heavy (non-hydrogen) atoms. The molecular formula is C29H42N2O2. The van der Waals surface area contributed by atoms with Gasteiger partial charge in [0.1, 0.15) is 0 Å². The molecule has 2 aromatic heterocycles. The third-order valence-electron chi connectivity index (χ3n) is 5.70. The van der Waals surface area contributed by atoms with Gasteiger partial charge in [-0.05, 0) is 32.4 Å². The van der Waals surface area contributed by atoms with E-state index < -0.39 is 0 Å². The summed E-state index contributed by atoms with van der Waals surface area (Å²) in [6.07, 6.45) is 18.7. The zero-order valence-electron chi connectivity index (χ0n) is 20.9. The van der Waals surface area contributed by atoms with Crippen LogP contribution in [0.4, 0.5) is 0 Å². The van der Waals surface area contributed by atoms with Crippen LogP contribution in [0.25, 0.3) is 21.8 Å².